The van der Waals surface area contributed by atoms with Gasteiger partial charge in [0.1, 0.15) is 11.6 Å². The molecule has 0 spiro atoms. The summed E-state index contributed by atoms with van der Waals surface area (Å²) in [5.74, 6) is 1.09. The minimum atomic E-state index is -0.314. The summed E-state index contributed by atoms with van der Waals surface area (Å²) in [6.45, 7) is 0.386. The molecule has 0 bridgehead atoms. The van der Waals surface area contributed by atoms with E-state index in [1.807, 2.05) is 36.4 Å². The Morgan fingerprint density at radius 1 is 1.13 bits per heavy atom. The predicted octanol–water partition coefficient (Wildman–Crippen LogP) is 5.55. The molecule has 0 fully saturated rings. The molecule has 8 heteroatoms. The zero-order valence-electron chi connectivity index (χ0n) is 16.8. The second kappa shape index (κ2) is 9.89. The third kappa shape index (κ3) is 5.39. The lowest BCUT2D eigenvalue weighted by Gasteiger charge is -2.20. The average molecular weight is 454 g/mol. The van der Waals surface area contributed by atoms with E-state index in [2.05, 4.69) is 9.97 Å². The second-order valence-corrected chi connectivity index (χ2v) is 8.90. The van der Waals surface area contributed by atoms with Crippen LogP contribution in [-0.2, 0) is 11.3 Å². The molecule has 4 aromatic rings. The van der Waals surface area contributed by atoms with Crippen molar-refractivity contribution in [2.75, 3.05) is 17.8 Å². The highest BCUT2D eigenvalue weighted by atomic mass is 32.2. The first-order chi connectivity index (χ1) is 15.1. The van der Waals surface area contributed by atoms with Crippen LogP contribution in [-0.4, -0.2) is 28.7 Å². The van der Waals surface area contributed by atoms with E-state index in [-0.39, 0.29) is 11.7 Å². The zero-order valence-corrected chi connectivity index (χ0v) is 18.5. The molecule has 31 heavy (non-hydrogen) atoms. The van der Waals surface area contributed by atoms with Crippen LogP contribution in [0.3, 0.4) is 0 Å². The van der Waals surface area contributed by atoms with Crippen LogP contribution in [0.2, 0.25) is 0 Å². The number of carbonyl (C=O) groups excluding carboxylic acids is 1. The van der Waals surface area contributed by atoms with Crippen molar-refractivity contribution in [1.29, 1.82) is 0 Å². The molecule has 0 aliphatic rings. The van der Waals surface area contributed by atoms with E-state index in [1.54, 1.807) is 42.2 Å². The number of fused-ring (bicyclic) bond motifs is 1. The molecule has 0 radical (unpaired) electrons. The van der Waals surface area contributed by atoms with Gasteiger partial charge in [0.2, 0.25) is 5.91 Å². The maximum absolute atomic E-state index is 13.6. The molecule has 5 nitrogen and oxygen atoms in total. The molecule has 0 aliphatic carbocycles. The number of pyridine rings is 1. The Hall–Kier alpha value is -2.97. The van der Waals surface area contributed by atoms with Crippen LogP contribution in [0.15, 0.2) is 71.9 Å². The highest BCUT2D eigenvalue weighted by Crippen LogP contribution is 2.31. The van der Waals surface area contributed by atoms with Crippen molar-refractivity contribution in [3.05, 3.63) is 78.4 Å². The summed E-state index contributed by atoms with van der Waals surface area (Å²) in [5.41, 5.74) is 1.64. The number of ether oxygens (including phenoxy) is 1. The number of thiazole rings is 1. The summed E-state index contributed by atoms with van der Waals surface area (Å²) in [5, 5.41) is 0.567. The average Bonchev–Trinajstić information content (AvgIpc) is 3.21. The summed E-state index contributed by atoms with van der Waals surface area (Å²) < 4.78 is 19.5. The number of methoxy groups -OCH3 is 1. The molecular formula is C23H20FN3O2S2. The number of nitrogens with zero attached hydrogens (tertiary/aromatic N) is 3. The van der Waals surface area contributed by atoms with Crippen molar-refractivity contribution in [2.24, 2.45) is 0 Å². The minimum Gasteiger partial charge on any atom is -0.497 e. The smallest absolute Gasteiger partial charge is 0.229 e. The molecule has 0 atom stereocenters. The molecule has 0 unspecified atom stereocenters. The SMILES string of the molecule is COc1ccc(SCCC(=O)N(Cc2ccncc2)c2nc3ccc(F)cc3s2)cc1. The number of amides is 1. The van der Waals surface area contributed by atoms with Gasteiger partial charge in [-0.05, 0) is 60.2 Å². The van der Waals surface area contributed by atoms with Crippen molar-refractivity contribution in [3.63, 3.8) is 0 Å². The van der Waals surface area contributed by atoms with E-state index >= 15 is 0 Å². The first-order valence-electron chi connectivity index (χ1n) is 9.64. The van der Waals surface area contributed by atoms with Gasteiger partial charge < -0.3 is 4.74 Å². The largest absolute Gasteiger partial charge is 0.497 e. The molecule has 0 saturated carbocycles. The van der Waals surface area contributed by atoms with Crippen LogP contribution in [0.4, 0.5) is 9.52 Å². The van der Waals surface area contributed by atoms with E-state index in [0.29, 0.717) is 29.4 Å². The highest BCUT2D eigenvalue weighted by molar-refractivity contribution is 7.99. The third-order valence-electron chi connectivity index (χ3n) is 4.61. The summed E-state index contributed by atoms with van der Waals surface area (Å²) >= 11 is 2.93. The van der Waals surface area contributed by atoms with Gasteiger partial charge in [-0.15, -0.1) is 11.8 Å². The quantitative estimate of drug-likeness (QED) is 0.327. The molecule has 158 valence electrons. The van der Waals surface area contributed by atoms with Gasteiger partial charge in [0.25, 0.3) is 0 Å². The first kappa shape index (κ1) is 21.3. The van der Waals surface area contributed by atoms with Crippen molar-refractivity contribution < 1.29 is 13.9 Å². The van der Waals surface area contributed by atoms with Gasteiger partial charge in [-0.25, -0.2) is 9.37 Å². The standard InChI is InChI=1S/C23H20FN3O2S2/c1-29-18-3-5-19(6-4-18)30-13-10-22(28)27(15-16-8-11-25-12-9-16)23-26-20-7-2-17(24)14-21(20)31-23/h2-9,11-12,14H,10,13,15H2,1H3. The van der Waals surface area contributed by atoms with Crippen LogP contribution in [0.25, 0.3) is 10.2 Å². The number of hydrogen-bond acceptors (Lipinski definition) is 6. The highest BCUT2D eigenvalue weighted by Gasteiger charge is 2.20. The molecule has 0 N–H and O–H groups in total. The van der Waals surface area contributed by atoms with E-state index in [1.165, 1.54) is 23.5 Å². The molecule has 2 aromatic carbocycles. The Morgan fingerprint density at radius 3 is 2.65 bits per heavy atom. The lowest BCUT2D eigenvalue weighted by Crippen LogP contribution is -2.30. The van der Waals surface area contributed by atoms with Crippen molar-refractivity contribution >= 4 is 44.4 Å². The van der Waals surface area contributed by atoms with E-state index in [9.17, 15) is 9.18 Å². The zero-order chi connectivity index (χ0) is 21.6. The fourth-order valence-corrected chi connectivity index (χ4v) is 4.85. The lowest BCUT2D eigenvalue weighted by atomic mass is 10.2. The van der Waals surface area contributed by atoms with E-state index in [0.717, 1.165) is 20.9 Å². The van der Waals surface area contributed by atoms with Crippen molar-refractivity contribution in [2.45, 2.75) is 17.9 Å². The maximum Gasteiger partial charge on any atom is 0.229 e. The molecule has 4 rings (SSSR count). The van der Waals surface area contributed by atoms with Gasteiger partial charge in [-0.1, -0.05) is 11.3 Å². The summed E-state index contributed by atoms with van der Waals surface area (Å²) in [7, 11) is 1.63. The Morgan fingerprint density at radius 2 is 1.90 bits per heavy atom. The summed E-state index contributed by atoms with van der Waals surface area (Å²) in [6.07, 6.45) is 3.75. The fourth-order valence-electron chi connectivity index (χ4n) is 3.00. The number of aromatic nitrogens is 2. The third-order valence-corrected chi connectivity index (χ3v) is 6.66. The predicted molar refractivity (Wildman–Crippen MR) is 123 cm³/mol. The van der Waals surface area contributed by atoms with Gasteiger partial charge in [0.15, 0.2) is 5.13 Å². The van der Waals surface area contributed by atoms with Crippen LogP contribution in [0.5, 0.6) is 5.75 Å². The molecule has 2 heterocycles. The van der Waals surface area contributed by atoms with Crippen LogP contribution in [0, 0.1) is 5.82 Å². The van der Waals surface area contributed by atoms with Crippen molar-refractivity contribution in [3.8, 4) is 5.75 Å². The molecule has 0 aliphatic heterocycles. The summed E-state index contributed by atoms with van der Waals surface area (Å²) in [6, 6.07) is 16.0. The van der Waals surface area contributed by atoms with Gasteiger partial charge in [-0.2, -0.15) is 0 Å². The number of carbonyl (C=O) groups is 1. The lowest BCUT2D eigenvalue weighted by molar-refractivity contribution is -0.118. The van der Waals surface area contributed by atoms with Crippen molar-refractivity contribution in [1.82, 2.24) is 9.97 Å². The van der Waals surface area contributed by atoms with E-state index < -0.39 is 0 Å². The summed E-state index contributed by atoms with van der Waals surface area (Å²) in [4.78, 5) is 24.5. The maximum atomic E-state index is 13.6. The number of hydrogen-bond donors (Lipinski definition) is 0. The number of thioether (sulfide) groups is 1. The Balaban J connectivity index is 1.50. The molecule has 2 aromatic heterocycles. The van der Waals surface area contributed by atoms with Gasteiger partial charge >= 0.3 is 0 Å². The Kier molecular flexibility index (Phi) is 6.79. The monoisotopic (exact) mass is 453 g/mol. The Bertz CT molecular complexity index is 1170. The topological polar surface area (TPSA) is 55.3 Å². The normalized spacial score (nSPS) is 10.9. The van der Waals surface area contributed by atoms with Gasteiger partial charge in [-0.3, -0.25) is 14.7 Å². The van der Waals surface area contributed by atoms with Gasteiger partial charge in [0, 0.05) is 29.5 Å². The second-order valence-electron chi connectivity index (χ2n) is 6.72. The Labute approximate surface area is 187 Å². The first-order valence-corrected chi connectivity index (χ1v) is 11.4. The molecule has 1 amide bonds. The number of rotatable bonds is 8. The number of anilines is 1. The molecule has 0 saturated heterocycles. The fraction of sp³-hybridized carbons (Fsp3) is 0.174. The number of benzene rings is 2. The van der Waals surface area contributed by atoms with Crippen LogP contribution in [0.1, 0.15) is 12.0 Å². The van der Waals surface area contributed by atoms with Crippen LogP contribution < -0.4 is 9.64 Å². The van der Waals surface area contributed by atoms with Gasteiger partial charge in [0.05, 0.1) is 23.9 Å². The minimum absolute atomic E-state index is 0.0302. The van der Waals surface area contributed by atoms with E-state index in [4.69, 9.17) is 4.74 Å². The van der Waals surface area contributed by atoms with Crippen LogP contribution >= 0.6 is 23.1 Å². The number of halogens is 1. The molecular weight excluding hydrogens is 433 g/mol.